The molecule has 1 aliphatic heterocycles. The monoisotopic (exact) mass is 334 g/mol. The maximum absolute atomic E-state index is 12.3. The SMILES string of the molecule is CCOC1(OCC)CC(OCC)(OCC)O[C@](C)(C(=O)OC)C1. The van der Waals surface area contributed by atoms with Crippen LogP contribution in [-0.2, 0) is 33.2 Å². The van der Waals surface area contributed by atoms with Gasteiger partial charge in [-0.05, 0) is 34.6 Å². The molecule has 0 spiro atoms. The van der Waals surface area contributed by atoms with Gasteiger partial charge in [-0.15, -0.1) is 0 Å². The fraction of sp³-hybridized carbons (Fsp3) is 0.938. The van der Waals surface area contributed by atoms with Crippen LogP contribution in [-0.4, -0.2) is 56.9 Å². The van der Waals surface area contributed by atoms with Gasteiger partial charge in [-0.1, -0.05) is 0 Å². The molecule has 0 saturated carbocycles. The van der Waals surface area contributed by atoms with E-state index in [0.29, 0.717) is 26.4 Å². The van der Waals surface area contributed by atoms with Crippen LogP contribution in [0.25, 0.3) is 0 Å². The van der Waals surface area contributed by atoms with Gasteiger partial charge in [-0.25, -0.2) is 4.79 Å². The smallest absolute Gasteiger partial charge is 0.338 e. The van der Waals surface area contributed by atoms with Crippen molar-refractivity contribution in [3.8, 4) is 0 Å². The molecule has 0 aromatic rings. The van der Waals surface area contributed by atoms with Crippen LogP contribution in [0.5, 0.6) is 0 Å². The minimum absolute atomic E-state index is 0.191. The first kappa shape index (κ1) is 20.3. The molecule has 1 aliphatic rings. The predicted octanol–water partition coefficient (Wildman–Crippen LogP) is 2.22. The summed E-state index contributed by atoms with van der Waals surface area (Å²) in [7, 11) is 1.32. The molecule has 1 saturated heterocycles. The number of methoxy groups -OCH3 is 1. The molecule has 1 heterocycles. The normalized spacial score (nSPS) is 26.0. The van der Waals surface area contributed by atoms with Gasteiger partial charge in [0.15, 0.2) is 11.4 Å². The number of hydrogen-bond acceptors (Lipinski definition) is 7. The van der Waals surface area contributed by atoms with E-state index in [1.54, 1.807) is 6.92 Å². The lowest BCUT2D eigenvalue weighted by Crippen LogP contribution is -2.64. The summed E-state index contributed by atoms with van der Waals surface area (Å²) in [6, 6.07) is 0. The lowest BCUT2D eigenvalue weighted by Gasteiger charge is -2.51. The maximum atomic E-state index is 12.3. The first-order valence-electron chi connectivity index (χ1n) is 8.19. The van der Waals surface area contributed by atoms with Crippen molar-refractivity contribution in [2.75, 3.05) is 33.5 Å². The molecular formula is C16H30O7. The Balaban J connectivity index is 3.29. The average molecular weight is 334 g/mol. The Morgan fingerprint density at radius 2 is 1.39 bits per heavy atom. The summed E-state index contributed by atoms with van der Waals surface area (Å²) in [5.41, 5.74) is -1.30. The van der Waals surface area contributed by atoms with E-state index in [-0.39, 0.29) is 12.8 Å². The molecule has 7 heteroatoms. The molecule has 0 aromatic heterocycles. The van der Waals surface area contributed by atoms with Gasteiger partial charge in [0.25, 0.3) is 5.97 Å². The molecule has 0 aliphatic carbocycles. The van der Waals surface area contributed by atoms with Crippen molar-refractivity contribution in [1.82, 2.24) is 0 Å². The van der Waals surface area contributed by atoms with Crippen molar-refractivity contribution in [1.29, 1.82) is 0 Å². The van der Waals surface area contributed by atoms with Crippen LogP contribution >= 0.6 is 0 Å². The average Bonchev–Trinajstić information content (AvgIpc) is 2.46. The zero-order valence-electron chi connectivity index (χ0n) is 15.1. The quantitative estimate of drug-likeness (QED) is 0.473. The highest BCUT2D eigenvalue weighted by Crippen LogP contribution is 2.45. The summed E-state index contributed by atoms with van der Waals surface area (Å²) >= 11 is 0. The van der Waals surface area contributed by atoms with Crippen LogP contribution in [0.4, 0.5) is 0 Å². The number of ether oxygens (including phenoxy) is 6. The van der Waals surface area contributed by atoms with E-state index >= 15 is 0 Å². The molecular weight excluding hydrogens is 304 g/mol. The molecule has 0 unspecified atom stereocenters. The minimum atomic E-state index is -1.42. The number of rotatable bonds is 9. The van der Waals surface area contributed by atoms with Crippen LogP contribution in [0.3, 0.4) is 0 Å². The van der Waals surface area contributed by atoms with Gasteiger partial charge in [0.1, 0.15) is 0 Å². The summed E-state index contributed by atoms with van der Waals surface area (Å²) in [6.45, 7) is 10.6. The molecule has 1 rings (SSSR count). The first-order valence-corrected chi connectivity index (χ1v) is 8.19. The first-order chi connectivity index (χ1) is 10.8. The molecule has 7 nitrogen and oxygen atoms in total. The van der Waals surface area contributed by atoms with Crippen LogP contribution in [0.1, 0.15) is 47.5 Å². The maximum Gasteiger partial charge on any atom is 0.338 e. The summed E-state index contributed by atoms with van der Waals surface area (Å²) in [5.74, 6) is -2.99. The van der Waals surface area contributed by atoms with E-state index in [1.807, 2.05) is 27.7 Å². The highest BCUT2D eigenvalue weighted by molar-refractivity contribution is 5.79. The van der Waals surface area contributed by atoms with Crippen LogP contribution in [0, 0.1) is 0 Å². The number of carbonyl (C=O) groups excluding carboxylic acids is 1. The molecule has 0 amide bonds. The third kappa shape index (κ3) is 4.64. The molecule has 0 N–H and O–H groups in total. The topological polar surface area (TPSA) is 72.5 Å². The van der Waals surface area contributed by atoms with Crippen molar-refractivity contribution in [3.63, 3.8) is 0 Å². The molecule has 23 heavy (non-hydrogen) atoms. The highest BCUT2D eigenvalue weighted by atomic mass is 16.9. The second-order valence-electron chi connectivity index (χ2n) is 5.50. The Morgan fingerprint density at radius 3 is 1.78 bits per heavy atom. The van der Waals surface area contributed by atoms with Gasteiger partial charge < -0.3 is 28.4 Å². The minimum Gasteiger partial charge on any atom is -0.467 e. The fourth-order valence-corrected chi connectivity index (χ4v) is 3.07. The molecule has 1 fully saturated rings. The highest BCUT2D eigenvalue weighted by Gasteiger charge is 2.60. The van der Waals surface area contributed by atoms with E-state index in [0.717, 1.165) is 0 Å². The van der Waals surface area contributed by atoms with Gasteiger partial charge in [-0.2, -0.15) is 0 Å². The molecule has 0 radical (unpaired) electrons. The summed E-state index contributed by atoms with van der Waals surface area (Å²) < 4.78 is 34.1. The number of esters is 1. The Kier molecular flexibility index (Phi) is 7.41. The molecule has 0 bridgehead atoms. The number of hydrogen-bond donors (Lipinski definition) is 0. The third-order valence-corrected chi connectivity index (χ3v) is 3.63. The zero-order chi connectivity index (χ0) is 17.6. The lowest BCUT2D eigenvalue weighted by molar-refractivity contribution is -0.462. The van der Waals surface area contributed by atoms with Crippen LogP contribution in [0.2, 0.25) is 0 Å². The summed E-state index contributed by atoms with van der Waals surface area (Å²) in [6.07, 6.45) is 0.395. The van der Waals surface area contributed by atoms with Gasteiger partial charge >= 0.3 is 5.97 Å². The predicted molar refractivity (Wildman–Crippen MR) is 82.7 cm³/mol. The molecule has 0 aromatic carbocycles. The van der Waals surface area contributed by atoms with Crippen LogP contribution < -0.4 is 0 Å². The van der Waals surface area contributed by atoms with E-state index in [4.69, 9.17) is 28.4 Å². The lowest BCUT2D eigenvalue weighted by atomic mass is 9.89. The van der Waals surface area contributed by atoms with E-state index in [1.165, 1.54) is 7.11 Å². The fourth-order valence-electron chi connectivity index (χ4n) is 3.07. The van der Waals surface area contributed by atoms with E-state index < -0.39 is 23.3 Å². The number of carbonyl (C=O) groups is 1. The Bertz CT molecular complexity index is 347. The summed E-state index contributed by atoms with van der Waals surface area (Å²) in [4.78, 5) is 12.3. The largest absolute Gasteiger partial charge is 0.467 e. The summed E-state index contributed by atoms with van der Waals surface area (Å²) in [5, 5.41) is 0. The van der Waals surface area contributed by atoms with Gasteiger partial charge in [0.05, 0.1) is 13.5 Å². The second kappa shape index (κ2) is 8.39. The van der Waals surface area contributed by atoms with Crippen molar-refractivity contribution < 1.29 is 33.2 Å². The van der Waals surface area contributed by atoms with Crippen molar-refractivity contribution in [3.05, 3.63) is 0 Å². The van der Waals surface area contributed by atoms with Gasteiger partial charge in [0, 0.05) is 32.8 Å². The zero-order valence-corrected chi connectivity index (χ0v) is 15.1. The molecule has 136 valence electrons. The Labute approximate surface area is 138 Å². The van der Waals surface area contributed by atoms with Crippen molar-refractivity contribution in [2.24, 2.45) is 0 Å². The van der Waals surface area contributed by atoms with Gasteiger partial charge in [-0.3, -0.25) is 0 Å². The van der Waals surface area contributed by atoms with Gasteiger partial charge in [0.2, 0.25) is 0 Å². The van der Waals surface area contributed by atoms with Crippen molar-refractivity contribution in [2.45, 2.75) is 64.8 Å². The Hall–Kier alpha value is -0.730. The standard InChI is InChI=1S/C16H30O7/c1-7-19-15(20-8-2)11-14(5,13(17)18-6)23-16(12-15,21-9-3)22-10-4/h7-12H2,1-6H3/t14-/m0/s1. The second-order valence-corrected chi connectivity index (χ2v) is 5.50. The third-order valence-electron chi connectivity index (χ3n) is 3.63. The Morgan fingerprint density at radius 1 is 0.913 bits per heavy atom. The van der Waals surface area contributed by atoms with E-state index in [2.05, 4.69) is 0 Å². The van der Waals surface area contributed by atoms with Crippen molar-refractivity contribution >= 4 is 5.97 Å². The van der Waals surface area contributed by atoms with E-state index in [9.17, 15) is 4.79 Å². The van der Waals surface area contributed by atoms with Crippen LogP contribution in [0.15, 0.2) is 0 Å². The molecule has 1 atom stereocenters.